The van der Waals surface area contributed by atoms with E-state index in [4.69, 9.17) is 5.11 Å². The molecule has 0 saturated heterocycles. The summed E-state index contributed by atoms with van der Waals surface area (Å²) in [4.78, 5) is 22.8. The van der Waals surface area contributed by atoms with Gasteiger partial charge in [-0.05, 0) is 25.5 Å². The molecule has 0 atom stereocenters. The van der Waals surface area contributed by atoms with Crippen LogP contribution in [-0.2, 0) is 6.54 Å². The van der Waals surface area contributed by atoms with Gasteiger partial charge in [-0.15, -0.1) is 5.10 Å². The summed E-state index contributed by atoms with van der Waals surface area (Å²) in [6, 6.07) is 5.63. The van der Waals surface area contributed by atoms with Crippen molar-refractivity contribution in [3.63, 3.8) is 0 Å². The van der Waals surface area contributed by atoms with Crippen molar-refractivity contribution in [2.24, 2.45) is 0 Å². The Morgan fingerprint density at radius 2 is 2.05 bits per heavy atom. The summed E-state index contributed by atoms with van der Waals surface area (Å²) in [5.41, 5.74) is 2.33. The highest BCUT2D eigenvalue weighted by atomic mass is 16.4. The Balaban J connectivity index is 2.20. The summed E-state index contributed by atoms with van der Waals surface area (Å²) in [6.07, 6.45) is 1.24. The van der Waals surface area contributed by atoms with E-state index in [0.29, 0.717) is 5.56 Å². The maximum Gasteiger partial charge on any atom is 0.358 e. The monoisotopic (exact) mass is 259 g/mol. The van der Waals surface area contributed by atoms with E-state index < -0.39 is 5.97 Å². The Morgan fingerprint density at radius 1 is 1.32 bits per heavy atom. The fourth-order valence-electron chi connectivity index (χ4n) is 1.74. The highest BCUT2D eigenvalue weighted by Gasteiger charge is 2.13. The van der Waals surface area contributed by atoms with E-state index >= 15 is 0 Å². The smallest absolute Gasteiger partial charge is 0.358 e. The molecule has 98 valence electrons. The van der Waals surface area contributed by atoms with Gasteiger partial charge >= 0.3 is 5.97 Å². The normalized spacial score (nSPS) is 10.4. The second-order valence-corrected chi connectivity index (χ2v) is 4.35. The number of carbonyl (C=O) groups is 2. The lowest BCUT2D eigenvalue weighted by Gasteiger charge is -2.05. The molecule has 1 N–H and O–H groups in total. The van der Waals surface area contributed by atoms with E-state index in [2.05, 4.69) is 10.3 Å². The van der Waals surface area contributed by atoms with Gasteiger partial charge in [-0.2, -0.15) is 0 Å². The third-order valence-electron chi connectivity index (χ3n) is 2.76. The molecule has 19 heavy (non-hydrogen) atoms. The largest absolute Gasteiger partial charge is 0.476 e. The molecule has 1 aromatic carbocycles. The average molecular weight is 259 g/mol. The first-order valence-electron chi connectivity index (χ1n) is 5.71. The molecule has 6 nitrogen and oxygen atoms in total. The lowest BCUT2D eigenvalue weighted by Crippen LogP contribution is -2.12. The lowest BCUT2D eigenvalue weighted by atomic mass is 10.0. The van der Waals surface area contributed by atoms with Gasteiger partial charge in [0.25, 0.3) is 0 Å². The molecule has 0 spiro atoms. The summed E-state index contributed by atoms with van der Waals surface area (Å²) in [7, 11) is 0. The number of hydrogen-bond acceptors (Lipinski definition) is 4. The summed E-state index contributed by atoms with van der Waals surface area (Å²) in [5, 5.41) is 15.8. The molecule has 0 fully saturated rings. The number of Topliss-reactive ketones (excluding diaryl/α,β-unsaturated/α-hetero) is 1. The van der Waals surface area contributed by atoms with Crippen LogP contribution in [0.3, 0.4) is 0 Å². The molecule has 0 aliphatic rings. The van der Waals surface area contributed by atoms with Crippen LogP contribution in [0.2, 0.25) is 0 Å². The predicted octanol–water partition coefficient (Wildman–Crippen LogP) is 1.48. The summed E-state index contributed by atoms with van der Waals surface area (Å²) in [6.45, 7) is 3.75. The molecule has 1 aromatic heterocycles. The first kappa shape index (κ1) is 12.9. The van der Waals surface area contributed by atoms with Crippen LogP contribution < -0.4 is 0 Å². The van der Waals surface area contributed by atoms with Gasteiger partial charge in [0.1, 0.15) is 6.54 Å². The summed E-state index contributed by atoms with van der Waals surface area (Å²) < 4.78 is 1.23. The zero-order valence-electron chi connectivity index (χ0n) is 10.6. The number of aryl methyl sites for hydroxylation is 2. The zero-order valence-corrected chi connectivity index (χ0v) is 10.6. The lowest BCUT2D eigenvalue weighted by molar-refractivity contribution is 0.0690. The van der Waals surface area contributed by atoms with Crippen LogP contribution in [0.15, 0.2) is 24.4 Å². The molecule has 6 heteroatoms. The van der Waals surface area contributed by atoms with Crippen molar-refractivity contribution in [1.82, 2.24) is 15.0 Å². The van der Waals surface area contributed by atoms with Gasteiger partial charge in [-0.3, -0.25) is 4.79 Å². The van der Waals surface area contributed by atoms with E-state index in [0.717, 1.165) is 11.1 Å². The molecular formula is C13H13N3O3. The van der Waals surface area contributed by atoms with Gasteiger partial charge in [0.05, 0.1) is 6.20 Å². The fourth-order valence-corrected chi connectivity index (χ4v) is 1.74. The Labute approximate surface area is 109 Å². The van der Waals surface area contributed by atoms with E-state index in [1.165, 1.54) is 10.9 Å². The van der Waals surface area contributed by atoms with Crippen LogP contribution in [0.4, 0.5) is 0 Å². The minimum Gasteiger partial charge on any atom is -0.476 e. The number of hydrogen-bond donors (Lipinski definition) is 1. The van der Waals surface area contributed by atoms with Crippen molar-refractivity contribution in [3.8, 4) is 0 Å². The van der Waals surface area contributed by atoms with Crippen LogP contribution >= 0.6 is 0 Å². The second kappa shape index (κ2) is 5.01. The van der Waals surface area contributed by atoms with Crippen molar-refractivity contribution in [2.45, 2.75) is 20.4 Å². The number of aromatic nitrogens is 3. The second-order valence-electron chi connectivity index (χ2n) is 4.35. The van der Waals surface area contributed by atoms with E-state index in [1.807, 2.05) is 32.0 Å². The topological polar surface area (TPSA) is 85.1 Å². The maximum atomic E-state index is 12.1. The Kier molecular flexibility index (Phi) is 3.41. The third kappa shape index (κ3) is 2.85. The quantitative estimate of drug-likeness (QED) is 0.840. The van der Waals surface area contributed by atoms with Crippen LogP contribution in [0, 0.1) is 13.8 Å². The minimum atomic E-state index is -1.16. The van der Waals surface area contributed by atoms with Crippen LogP contribution in [0.25, 0.3) is 0 Å². The first-order chi connectivity index (χ1) is 8.97. The SMILES string of the molecule is Cc1ccc(C)c(C(=O)Cn2cc(C(=O)O)nn2)c1. The third-order valence-corrected chi connectivity index (χ3v) is 2.76. The molecule has 0 amide bonds. The molecule has 0 saturated carbocycles. The Hall–Kier alpha value is -2.50. The maximum absolute atomic E-state index is 12.1. The van der Waals surface area contributed by atoms with Gasteiger partial charge in [-0.1, -0.05) is 22.9 Å². The number of carbonyl (C=O) groups excluding carboxylic acids is 1. The summed E-state index contributed by atoms with van der Waals surface area (Å²) >= 11 is 0. The van der Waals surface area contributed by atoms with Gasteiger partial charge in [0.15, 0.2) is 11.5 Å². The first-order valence-corrected chi connectivity index (χ1v) is 5.71. The van der Waals surface area contributed by atoms with Gasteiger partial charge in [0.2, 0.25) is 0 Å². The van der Waals surface area contributed by atoms with Crippen LogP contribution in [0.5, 0.6) is 0 Å². The highest BCUT2D eigenvalue weighted by molar-refractivity contribution is 5.97. The van der Waals surface area contributed by atoms with Gasteiger partial charge < -0.3 is 5.11 Å². The number of ketones is 1. The minimum absolute atomic E-state index is 0.0232. The van der Waals surface area contributed by atoms with Gasteiger partial charge in [-0.25, -0.2) is 9.48 Å². The predicted molar refractivity (Wildman–Crippen MR) is 67.2 cm³/mol. The molecule has 0 radical (unpaired) electrons. The van der Waals surface area contributed by atoms with E-state index in [9.17, 15) is 9.59 Å². The molecule has 2 aromatic rings. The molecule has 0 unspecified atom stereocenters. The zero-order chi connectivity index (χ0) is 14.0. The van der Waals surface area contributed by atoms with E-state index in [1.54, 1.807) is 0 Å². The van der Waals surface area contributed by atoms with Crippen molar-refractivity contribution >= 4 is 11.8 Å². The number of benzene rings is 1. The van der Waals surface area contributed by atoms with Crippen LogP contribution in [0.1, 0.15) is 32.0 Å². The fraction of sp³-hybridized carbons (Fsp3) is 0.231. The Bertz CT molecular complexity index is 646. The number of aromatic carboxylic acids is 1. The molecular weight excluding hydrogens is 246 g/mol. The molecule has 2 rings (SSSR count). The average Bonchev–Trinajstić information content (AvgIpc) is 2.80. The number of carboxylic acid groups (broad SMARTS) is 1. The highest BCUT2D eigenvalue weighted by Crippen LogP contribution is 2.12. The van der Waals surface area contributed by atoms with Crippen molar-refractivity contribution in [2.75, 3.05) is 0 Å². The molecule has 1 heterocycles. The standard InChI is InChI=1S/C13H13N3O3/c1-8-3-4-9(2)10(5-8)12(17)7-16-6-11(13(18)19)14-15-16/h3-6H,7H2,1-2H3,(H,18,19). The van der Waals surface area contributed by atoms with E-state index in [-0.39, 0.29) is 18.0 Å². The number of rotatable bonds is 4. The van der Waals surface area contributed by atoms with Crippen molar-refractivity contribution in [1.29, 1.82) is 0 Å². The summed E-state index contributed by atoms with van der Waals surface area (Å²) in [5.74, 6) is -1.28. The number of carboxylic acids is 1. The number of nitrogens with zero attached hydrogens (tertiary/aromatic N) is 3. The molecule has 0 aliphatic carbocycles. The molecule has 0 aliphatic heterocycles. The molecule has 0 bridgehead atoms. The van der Waals surface area contributed by atoms with Crippen molar-refractivity contribution in [3.05, 3.63) is 46.8 Å². The van der Waals surface area contributed by atoms with Crippen LogP contribution in [-0.4, -0.2) is 31.9 Å². The Morgan fingerprint density at radius 3 is 2.68 bits per heavy atom. The van der Waals surface area contributed by atoms with Gasteiger partial charge in [0, 0.05) is 5.56 Å². The van der Waals surface area contributed by atoms with Crippen molar-refractivity contribution < 1.29 is 14.7 Å².